The predicted octanol–water partition coefficient (Wildman–Crippen LogP) is 1.69. The average molecular weight is 234 g/mol. The van der Waals surface area contributed by atoms with Gasteiger partial charge in [-0.25, -0.2) is 4.98 Å². The fourth-order valence-corrected chi connectivity index (χ4v) is 2.67. The Kier molecular flexibility index (Phi) is 4.78. The van der Waals surface area contributed by atoms with Crippen molar-refractivity contribution < 1.29 is 0 Å². The Morgan fingerprint density at radius 1 is 1.64 bits per heavy atom. The summed E-state index contributed by atoms with van der Waals surface area (Å²) >= 11 is 1.89. The molecular formula is C9H16ClN3S. The molecule has 1 N–H and O–H groups in total. The molecule has 2 heterocycles. The van der Waals surface area contributed by atoms with Gasteiger partial charge in [-0.1, -0.05) is 11.8 Å². The molecule has 1 atom stereocenters. The molecule has 0 radical (unpaired) electrons. The van der Waals surface area contributed by atoms with Crippen molar-refractivity contribution in [3.8, 4) is 0 Å². The van der Waals surface area contributed by atoms with Gasteiger partial charge in [0.25, 0.3) is 0 Å². The largest absolute Gasteiger partial charge is 0.329 e. The zero-order valence-corrected chi connectivity index (χ0v) is 9.90. The molecule has 1 aromatic rings. The fraction of sp³-hybridized carbons (Fsp3) is 0.667. The zero-order valence-electron chi connectivity index (χ0n) is 8.27. The number of imidazole rings is 1. The summed E-state index contributed by atoms with van der Waals surface area (Å²) in [7, 11) is 2.05. The van der Waals surface area contributed by atoms with Crippen molar-refractivity contribution in [1.29, 1.82) is 0 Å². The number of hydrogen-bond donors (Lipinski definition) is 1. The van der Waals surface area contributed by atoms with Crippen LogP contribution in [0.5, 0.6) is 0 Å². The van der Waals surface area contributed by atoms with Crippen LogP contribution in [-0.4, -0.2) is 27.9 Å². The minimum absolute atomic E-state index is 0. The molecule has 5 heteroatoms. The van der Waals surface area contributed by atoms with Crippen molar-refractivity contribution in [3.05, 3.63) is 12.4 Å². The summed E-state index contributed by atoms with van der Waals surface area (Å²) in [5.74, 6) is 0. The molecule has 1 saturated heterocycles. The number of halogens is 1. The molecule has 0 aliphatic carbocycles. The Balaban J connectivity index is 0.000000980. The van der Waals surface area contributed by atoms with Crippen LogP contribution in [-0.2, 0) is 7.05 Å². The highest BCUT2D eigenvalue weighted by atomic mass is 35.5. The second kappa shape index (κ2) is 5.63. The van der Waals surface area contributed by atoms with Crippen molar-refractivity contribution in [3.63, 3.8) is 0 Å². The van der Waals surface area contributed by atoms with E-state index in [4.69, 9.17) is 0 Å². The van der Waals surface area contributed by atoms with Crippen molar-refractivity contribution in [2.24, 2.45) is 7.05 Å². The molecule has 80 valence electrons. The zero-order chi connectivity index (χ0) is 9.10. The monoisotopic (exact) mass is 233 g/mol. The number of thioether (sulfide) groups is 1. The normalized spacial score (nSPS) is 21.6. The molecule has 0 spiro atoms. The van der Waals surface area contributed by atoms with Gasteiger partial charge in [-0.15, -0.1) is 12.4 Å². The molecule has 0 amide bonds. The molecule has 1 aromatic heterocycles. The van der Waals surface area contributed by atoms with Crippen LogP contribution in [0.4, 0.5) is 0 Å². The van der Waals surface area contributed by atoms with E-state index in [-0.39, 0.29) is 12.4 Å². The SMILES string of the molecule is Cl.Cn1ccnc1SC1CCCNC1. The van der Waals surface area contributed by atoms with E-state index in [9.17, 15) is 0 Å². The summed E-state index contributed by atoms with van der Waals surface area (Å²) in [5, 5.41) is 5.25. The molecule has 2 rings (SSSR count). The van der Waals surface area contributed by atoms with Gasteiger partial charge in [0, 0.05) is 31.2 Å². The highest BCUT2D eigenvalue weighted by molar-refractivity contribution is 7.99. The van der Waals surface area contributed by atoms with Gasteiger partial charge in [-0.3, -0.25) is 0 Å². The molecule has 0 aromatic carbocycles. The van der Waals surface area contributed by atoms with Crippen LogP contribution in [0, 0.1) is 0 Å². The Bertz CT molecular complexity index is 271. The smallest absolute Gasteiger partial charge is 0.167 e. The second-order valence-corrected chi connectivity index (χ2v) is 4.67. The molecule has 0 saturated carbocycles. The van der Waals surface area contributed by atoms with E-state index >= 15 is 0 Å². The maximum atomic E-state index is 4.31. The molecule has 1 aliphatic heterocycles. The first-order chi connectivity index (χ1) is 6.36. The van der Waals surface area contributed by atoms with Crippen molar-refractivity contribution in [2.45, 2.75) is 23.2 Å². The summed E-state index contributed by atoms with van der Waals surface area (Å²) in [6, 6.07) is 0. The van der Waals surface area contributed by atoms with Gasteiger partial charge in [0.05, 0.1) is 0 Å². The summed E-state index contributed by atoms with van der Waals surface area (Å²) < 4.78 is 2.08. The Morgan fingerprint density at radius 2 is 2.50 bits per heavy atom. The molecule has 1 fully saturated rings. The number of rotatable bonds is 2. The van der Waals surface area contributed by atoms with Crippen molar-refractivity contribution in [2.75, 3.05) is 13.1 Å². The molecule has 1 unspecified atom stereocenters. The fourth-order valence-electron chi connectivity index (χ4n) is 1.53. The van der Waals surface area contributed by atoms with Crippen molar-refractivity contribution >= 4 is 24.2 Å². The Hall–Kier alpha value is -0.190. The lowest BCUT2D eigenvalue weighted by atomic mass is 10.2. The van der Waals surface area contributed by atoms with Crippen LogP contribution in [0.1, 0.15) is 12.8 Å². The highest BCUT2D eigenvalue weighted by Crippen LogP contribution is 2.25. The molecule has 0 bridgehead atoms. The van der Waals surface area contributed by atoms with Gasteiger partial charge in [-0.05, 0) is 19.4 Å². The topological polar surface area (TPSA) is 29.9 Å². The predicted molar refractivity (Wildman–Crippen MR) is 62.2 cm³/mol. The van der Waals surface area contributed by atoms with E-state index in [1.165, 1.54) is 19.4 Å². The number of hydrogen-bond acceptors (Lipinski definition) is 3. The van der Waals surface area contributed by atoms with E-state index in [2.05, 4.69) is 14.9 Å². The van der Waals surface area contributed by atoms with Crippen LogP contribution < -0.4 is 5.32 Å². The quantitative estimate of drug-likeness (QED) is 0.843. The van der Waals surface area contributed by atoms with Crippen LogP contribution in [0.25, 0.3) is 0 Å². The van der Waals surface area contributed by atoms with E-state index in [0.29, 0.717) is 5.25 Å². The van der Waals surface area contributed by atoms with E-state index < -0.39 is 0 Å². The summed E-state index contributed by atoms with van der Waals surface area (Å²) in [6.07, 6.45) is 6.46. The van der Waals surface area contributed by atoms with Crippen LogP contribution in [0.2, 0.25) is 0 Å². The third-order valence-electron chi connectivity index (χ3n) is 2.30. The van der Waals surface area contributed by atoms with Crippen LogP contribution in [0.15, 0.2) is 17.6 Å². The Labute approximate surface area is 95.1 Å². The van der Waals surface area contributed by atoms with Gasteiger partial charge in [0.15, 0.2) is 5.16 Å². The second-order valence-electron chi connectivity index (χ2n) is 3.41. The van der Waals surface area contributed by atoms with Gasteiger partial charge in [0.2, 0.25) is 0 Å². The number of nitrogens with zero attached hydrogens (tertiary/aromatic N) is 2. The summed E-state index contributed by atoms with van der Waals surface area (Å²) in [5.41, 5.74) is 0. The first-order valence-electron chi connectivity index (χ1n) is 4.71. The average Bonchev–Trinajstić information content (AvgIpc) is 2.54. The lowest BCUT2D eigenvalue weighted by Crippen LogP contribution is -2.31. The third-order valence-corrected chi connectivity index (χ3v) is 3.64. The van der Waals surface area contributed by atoms with Gasteiger partial charge < -0.3 is 9.88 Å². The summed E-state index contributed by atoms with van der Waals surface area (Å²) in [4.78, 5) is 4.31. The van der Waals surface area contributed by atoms with Crippen LogP contribution >= 0.6 is 24.2 Å². The van der Waals surface area contributed by atoms with Gasteiger partial charge in [-0.2, -0.15) is 0 Å². The minimum atomic E-state index is 0. The standard InChI is InChI=1S/C9H15N3S.ClH/c1-12-6-5-11-9(12)13-8-3-2-4-10-7-8;/h5-6,8,10H,2-4,7H2,1H3;1H. The molecule has 14 heavy (non-hydrogen) atoms. The molecule has 3 nitrogen and oxygen atoms in total. The van der Waals surface area contributed by atoms with E-state index in [1.807, 2.05) is 31.2 Å². The lowest BCUT2D eigenvalue weighted by Gasteiger charge is -2.21. The minimum Gasteiger partial charge on any atom is -0.329 e. The van der Waals surface area contributed by atoms with Gasteiger partial charge >= 0.3 is 0 Å². The van der Waals surface area contributed by atoms with Crippen LogP contribution in [0.3, 0.4) is 0 Å². The lowest BCUT2D eigenvalue weighted by molar-refractivity contribution is 0.530. The van der Waals surface area contributed by atoms with E-state index in [1.54, 1.807) is 0 Å². The molecule has 1 aliphatic rings. The maximum absolute atomic E-state index is 4.31. The Morgan fingerprint density at radius 3 is 3.07 bits per heavy atom. The summed E-state index contributed by atoms with van der Waals surface area (Å²) in [6.45, 7) is 2.30. The maximum Gasteiger partial charge on any atom is 0.167 e. The van der Waals surface area contributed by atoms with E-state index in [0.717, 1.165) is 11.7 Å². The number of aromatic nitrogens is 2. The molecular weight excluding hydrogens is 218 g/mol. The third kappa shape index (κ3) is 2.90. The van der Waals surface area contributed by atoms with Crippen molar-refractivity contribution in [1.82, 2.24) is 14.9 Å². The number of piperidine rings is 1. The first-order valence-corrected chi connectivity index (χ1v) is 5.59. The van der Waals surface area contributed by atoms with Gasteiger partial charge in [0.1, 0.15) is 0 Å². The first kappa shape index (κ1) is 11.9. The highest BCUT2D eigenvalue weighted by Gasteiger charge is 2.15. The number of aryl methyl sites for hydroxylation is 1. The number of nitrogens with one attached hydrogen (secondary N) is 1.